The second-order valence-electron chi connectivity index (χ2n) is 4.34. The van der Waals surface area contributed by atoms with E-state index in [9.17, 15) is 0 Å². The van der Waals surface area contributed by atoms with Crippen molar-refractivity contribution < 1.29 is 0 Å². The molecule has 2 aliphatic heterocycles. The fraction of sp³-hybridized carbons (Fsp3) is 0.800. The number of hydrogen-bond acceptors (Lipinski definition) is 2. The fourth-order valence-electron chi connectivity index (χ4n) is 2.78. The van der Waals surface area contributed by atoms with Crippen LogP contribution in [-0.4, -0.2) is 29.6 Å². The number of rotatable bonds is 2. The molecule has 2 atom stereocenters. The summed E-state index contributed by atoms with van der Waals surface area (Å²) < 4.78 is 0. The van der Waals surface area contributed by atoms with E-state index in [1.54, 1.807) is 0 Å². The van der Waals surface area contributed by atoms with Crippen molar-refractivity contribution >= 4 is 23.2 Å². The molecule has 2 nitrogen and oxygen atoms in total. The van der Waals surface area contributed by atoms with Crippen LogP contribution in [0.5, 0.6) is 0 Å². The van der Waals surface area contributed by atoms with Crippen LogP contribution >= 0.6 is 23.2 Å². The van der Waals surface area contributed by atoms with Crippen LogP contribution in [0, 0.1) is 0 Å². The maximum atomic E-state index is 5.98. The van der Waals surface area contributed by atoms with Gasteiger partial charge in [-0.15, -0.1) is 0 Å². The van der Waals surface area contributed by atoms with Gasteiger partial charge in [-0.2, -0.15) is 0 Å². The quantitative estimate of drug-likeness (QED) is 0.795. The molecule has 14 heavy (non-hydrogen) atoms. The van der Waals surface area contributed by atoms with Gasteiger partial charge in [0.2, 0.25) is 0 Å². The lowest BCUT2D eigenvalue weighted by Crippen LogP contribution is -2.47. The van der Waals surface area contributed by atoms with Gasteiger partial charge < -0.3 is 5.73 Å². The molecule has 2 aliphatic rings. The van der Waals surface area contributed by atoms with Crippen molar-refractivity contribution in [2.24, 2.45) is 5.73 Å². The van der Waals surface area contributed by atoms with Gasteiger partial charge in [-0.25, -0.2) is 0 Å². The molecule has 2 N–H and O–H groups in total. The summed E-state index contributed by atoms with van der Waals surface area (Å²) in [6, 6.07) is 1.66. The molecule has 0 radical (unpaired) electrons. The van der Waals surface area contributed by atoms with E-state index in [1.165, 1.54) is 18.4 Å². The highest BCUT2D eigenvalue weighted by molar-refractivity contribution is 6.36. The van der Waals surface area contributed by atoms with Crippen molar-refractivity contribution in [1.82, 2.24) is 4.90 Å². The maximum absolute atomic E-state index is 5.98. The topological polar surface area (TPSA) is 29.3 Å². The molecule has 0 amide bonds. The highest BCUT2D eigenvalue weighted by Crippen LogP contribution is 2.35. The Morgan fingerprint density at radius 1 is 1.36 bits per heavy atom. The fourth-order valence-corrected chi connectivity index (χ4v) is 2.99. The largest absolute Gasteiger partial charge is 0.328 e. The lowest BCUT2D eigenvalue weighted by Gasteiger charge is -2.37. The van der Waals surface area contributed by atoms with Crippen molar-refractivity contribution in [2.75, 3.05) is 6.54 Å². The molecule has 0 spiro atoms. The summed E-state index contributed by atoms with van der Waals surface area (Å²) in [5.41, 5.74) is 7.45. The van der Waals surface area contributed by atoms with E-state index >= 15 is 0 Å². The third kappa shape index (κ3) is 2.08. The third-order valence-electron chi connectivity index (χ3n) is 3.37. The summed E-state index contributed by atoms with van der Waals surface area (Å²) in [6.45, 7) is 0.799. The van der Waals surface area contributed by atoms with Gasteiger partial charge in [0.25, 0.3) is 0 Å². The lowest BCUT2D eigenvalue weighted by molar-refractivity contribution is 0.142. The molecule has 2 heterocycles. The first-order chi connectivity index (χ1) is 6.70. The van der Waals surface area contributed by atoms with Gasteiger partial charge in [0, 0.05) is 35.2 Å². The van der Waals surface area contributed by atoms with Gasteiger partial charge in [-0.1, -0.05) is 23.2 Å². The highest BCUT2D eigenvalue weighted by atomic mass is 35.5. The molecule has 2 unspecified atom stereocenters. The van der Waals surface area contributed by atoms with Crippen molar-refractivity contribution in [3.05, 3.63) is 10.6 Å². The van der Waals surface area contributed by atoms with Crippen LogP contribution in [0.25, 0.3) is 0 Å². The van der Waals surface area contributed by atoms with Gasteiger partial charge in [0.05, 0.1) is 0 Å². The molecule has 0 aromatic heterocycles. The Balaban J connectivity index is 2.00. The van der Waals surface area contributed by atoms with Crippen molar-refractivity contribution in [3.8, 4) is 0 Å². The molecule has 2 rings (SSSR count). The smallest absolute Gasteiger partial charge is 0.0434 e. The number of hydrogen-bond donors (Lipinski definition) is 1. The Bertz CT molecular complexity index is 228. The molecule has 0 aliphatic carbocycles. The first-order valence-corrected chi connectivity index (χ1v) is 5.98. The number of nitrogens with zero attached hydrogens (tertiary/aromatic N) is 1. The Morgan fingerprint density at radius 2 is 1.93 bits per heavy atom. The zero-order valence-electron chi connectivity index (χ0n) is 8.13. The van der Waals surface area contributed by atoms with Crippen LogP contribution < -0.4 is 5.73 Å². The molecular weight excluding hydrogens is 219 g/mol. The van der Waals surface area contributed by atoms with E-state index in [0.29, 0.717) is 18.1 Å². The van der Waals surface area contributed by atoms with Gasteiger partial charge in [0.15, 0.2) is 0 Å². The second-order valence-corrected chi connectivity index (χ2v) is 5.05. The highest BCUT2D eigenvalue weighted by Gasteiger charge is 2.39. The summed E-state index contributed by atoms with van der Waals surface area (Å²) in [4.78, 5) is 2.46. The molecule has 2 saturated heterocycles. The first-order valence-electron chi connectivity index (χ1n) is 5.16. The van der Waals surface area contributed by atoms with Crippen molar-refractivity contribution in [3.63, 3.8) is 0 Å². The van der Waals surface area contributed by atoms with Crippen LogP contribution in [0.2, 0.25) is 0 Å². The zero-order valence-corrected chi connectivity index (χ0v) is 9.64. The molecule has 4 heteroatoms. The minimum atomic E-state index is 0.391. The van der Waals surface area contributed by atoms with E-state index in [-0.39, 0.29) is 0 Å². The SMILES string of the molecule is NC1CC2CCC(C1)N2C/C(Cl)=C/Cl. The monoisotopic (exact) mass is 234 g/mol. The zero-order chi connectivity index (χ0) is 10.1. The summed E-state index contributed by atoms with van der Waals surface area (Å²) in [5, 5.41) is 0.735. The van der Waals surface area contributed by atoms with Crippen molar-refractivity contribution in [1.29, 1.82) is 0 Å². The van der Waals surface area contributed by atoms with Gasteiger partial charge in [-0.05, 0) is 25.7 Å². The molecular formula is C10H16Cl2N2. The first kappa shape index (κ1) is 10.7. The summed E-state index contributed by atoms with van der Waals surface area (Å²) in [7, 11) is 0. The normalized spacial score (nSPS) is 39.1. The average Bonchev–Trinajstić information content (AvgIpc) is 2.41. The third-order valence-corrected chi connectivity index (χ3v) is 3.98. The minimum Gasteiger partial charge on any atom is -0.328 e. The van der Waals surface area contributed by atoms with E-state index in [2.05, 4.69) is 4.90 Å². The number of nitrogens with two attached hydrogens (primary N) is 1. The molecule has 0 aromatic carbocycles. The minimum absolute atomic E-state index is 0.391. The summed E-state index contributed by atoms with van der Waals surface area (Å²) in [6.07, 6.45) is 4.77. The van der Waals surface area contributed by atoms with Crippen LogP contribution in [0.15, 0.2) is 10.6 Å². The van der Waals surface area contributed by atoms with Crippen molar-refractivity contribution in [2.45, 2.75) is 43.8 Å². The van der Waals surface area contributed by atoms with E-state index < -0.39 is 0 Å². The van der Waals surface area contributed by atoms with Gasteiger partial charge in [0.1, 0.15) is 0 Å². The number of fused-ring (bicyclic) bond motifs is 2. The second kappa shape index (κ2) is 4.40. The maximum Gasteiger partial charge on any atom is 0.0434 e. The molecule has 2 fully saturated rings. The summed E-state index contributed by atoms with van der Waals surface area (Å²) >= 11 is 11.5. The molecule has 2 bridgehead atoms. The standard InChI is InChI=1S/C10H16Cl2N2/c11-5-7(12)6-14-9-1-2-10(14)4-8(13)3-9/h5,8-10H,1-4,6,13H2/b7-5-. The Hall–Kier alpha value is 0.240. The van der Waals surface area contributed by atoms with Crippen LogP contribution in [0.1, 0.15) is 25.7 Å². The Kier molecular flexibility index (Phi) is 3.38. The Morgan fingerprint density at radius 3 is 2.43 bits per heavy atom. The molecule has 0 saturated carbocycles. The van der Waals surface area contributed by atoms with Crippen LogP contribution in [0.4, 0.5) is 0 Å². The number of halogens is 2. The van der Waals surface area contributed by atoms with E-state index in [0.717, 1.165) is 24.4 Å². The summed E-state index contributed by atoms with van der Waals surface area (Å²) in [5.74, 6) is 0. The predicted octanol–water partition coefficient (Wildman–Crippen LogP) is 2.26. The van der Waals surface area contributed by atoms with Gasteiger partial charge in [-0.3, -0.25) is 4.90 Å². The Labute approximate surface area is 95.0 Å². The molecule has 80 valence electrons. The lowest BCUT2D eigenvalue weighted by atomic mass is 9.98. The van der Waals surface area contributed by atoms with Crippen LogP contribution in [-0.2, 0) is 0 Å². The van der Waals surface area contributed by atoms with E-state index in [1.807, 2.05) is 0 Å². The number of piperidine rings is 1. The predicted molar refractivity (Wildman–Crippen MR) is 60.5 cm³/mol. The molecule has 0 aromatic rings. The van der Waals surface area contributed by atoms with E-state index in [4.69, 9.17) is 28.9 Å². The van der Waals surface area contributed by atoms with Gasteiger partial charge >= 0.3 is 0 Å². The van der Waals surface area contributed by atoms with Crippen LogP contribution in [0.3, 0.4) is 0 Å². The average molecular weight is 235 g/mol.